The molecule has 52 valence electrons. The van der Waals surface area contributed by atoms with Gasteiger partial charge in [-0.05, 0) is 19.8 Å². The Kier molecular flexibility index (Phi) is 1.98. The zero-order chi connectivity index (χ0) is 6.69. The minimum Gasteiger partial charge on any atom is -0.403 e. The van der Waals surface area contributed by atoms with Gasteiger partial charge in [0.05, 0.1) is 0 Å². The van der Waals surface area contributed by atoms with Gasteiger partial charge in [0.15, 0.2) is 0 Å². The van der Waals surface area contributed by atoms with Crippen LogP contribution in [0.5, 0.6) is 0 Å². The molecule has 0 aromatic rings. The van der Waals surface area contributed by atoms with Crippen LogP contribution in [0.4, 0.5) is 0 Å². The predicted molar refractivity (Wildman–Crippen MR) is 38.8 cm³/mol. The Morgan fingerprint density at radius 3 is 3.00 bits per heavy atom. The number of hydrogen-bond donors (Lipinski definition) is 1. The summed E-state index contributed by atoms with van der Waals surface area (Å²) in [6, 6.07) is 0. The SMILES string of the molecule is CCN1CCCC1=CN. The van der Waals surface area contributed by atoms with Crippen molar-refractivity contribution in [3.63, 3.8) is 0 Å². The first-order chi connectivity index (χ1) is 4.38. The predicted octanol–water partition coefficient (Wildman–Crippen LogP) is 0.902. The molecule has 1 saturated heterocycles. The molecule has 9 heavy (non-hydrogen) atoms. The molecule has 0 radical (unpaired) electrons. The van der Waals surface area contributed by atoms with Crippen molar-refractivity contribution >= 4 is 0 Å². The summed E-state index contributed by atoms with van der Waals surface area (Å²) in [5, 5.41) is 0. The highest BCUT2D eigenvalue weighted by atomic mass is 15.1. The third-order valence-corrected chi connectivity index (χ3v) is 1.84. The van der Waals surface area contributed by atoms with Crippen molar-refractivity contribution < 1.29 is 0 Å². The zero-order valence-corrected chi connectivity index (χ0v) is 5.93. The van der Waals surface area contributed by atoms with Gasteiger partial charge in [0.1, 0.15) is 0 Å². The van der Waals surface area contributed by atoms with Gasteiger partial charge in [0, 0.05) is 25.0 Å². The quantitative estimate of drug-likeness (QED) is 0.565. The number of nitrogens with zero attached hydrogens (tertiary/aromatic N) is 1. The maximum absolute atomic E-state index is 5.40. The lowest BCUT2D eigenvalue weighted by Gasteiger charge is -2.15. The summed E-state index contributed by atoms with van der Waals surface area (Å²) in [4.78, 5) is 2.32. The van der Waals surface area contributed by atoms with E-state index < -0.39 is 0 Å². The Balaban J connectivity index is 2.52. The van der Waals surface area contributed by atoms with E-state index in [-0.39, 0.29) is 0 Å². The minimum atomic E-state index is 1.10. The van der Waals surface area contributed by atoms with Crippen molar-refractivity contribution in [2.75, 3.05) is 13.1 Å². The number of hydrogen-bond acceptors (Lipinski definition) is 2. The molecule has 1 fully saturated rings. The van der Waals surface area contributed by atoms with Crippen molar-refractivity contribution in [3.8, 4) is 0 Å². The fraction of sp³-hybridized carbons (Fsp3) is 0.714. The molecule has 1 rings (SSSR count). The molecular formula is C7H14N2. The largest absolute Gasteiger partial charge is 0.403 e. The molecule has 0 amide bonds. The minimum absolute atomic E-state index is 1.10. The van der Waals surface area contributed by atoms with Crippen LogP contribution >= 0.6 is 0 Å². The van der Waals surface area contributed by atoms with Crippen LogP contribution < -0.4 is 5.73 Å². The fourth-order valence-electron chi connectivity index (χ4n) is 1.30. The molecule has 0 aromatic heterocycles. The number of likely N-dealkylation sites (tertiary alicyclic amines) is 1. The highest BCUT2D eigenvalue weighted by Crippen LogP contribution is 2.18. The van der Waals surface area contributed by atoms with E-state index in [4.69, 9.17) is 5.73 Å². The molecule has 2 N–H and O–H groups in total. The number of allylic oxidation sites excluding steroid dienone is 1. The summed E-state index contributed by atoms with van der Waals surface area (Å²) < 4.78 is 0. The van der Waals surface area contributed by atoms with Crippen LogP contribution in [0.25, 0.3) is 0 Å². The van der Waals surface area contributed by atoms with Gasteiger partial charge in [-0.1, -0.05) is 0 Å². The zero-order valence-electron chi connectivity index (χ0n) is 5.93. The molecule has 0 bridgehead atoms. The molecule has 0 aromatic carbocycles. The Hall–Kier alpha value is -0.660. The summed E-state index contributed by atoms with van der Waals surface area (Å²) in [5.74, 6) is 0. The lowest BCUT2D eigenvalue weighted by molar-refractivity contribution is 0.414. The maximum atomic E-state index is 5.40. The second kappa shape index (κ2) is 2.76. The van der Waals surface area contributed by atoms with Crippen LogP contribution in [0.15, 0.2) is 11.9 Å². The lowest BCUT2D eigenvalue weighted by Crippen LogP contribution is -2.17. The topological polar surface area (TPSA) is 29.3 Å². The normalized spacial score (nSPS) is 23.7. The van der Waals surface area contributed by atoms with E-state index in [0.717, 1.165) is 6.54 Å². The monoisotopic (exact) mass is 126 g/mol. The Labute approximate surface area is 56.3 Å². The maximum Gasteiger partial charge on any atom is 0.0290 e. The molecular weight excluding hydrogens is 112 g/mol. The van der Waals surface area contributed by atoms with E-state index in [1.165, 1.54) is 25.1 Å². The molecule has 2 nitrogen and oxygen atoms in total. The van der Waals surface area contributed by atoms with Gasteiger partial charge >= 0.3 is 0 Å². The Morgan fingerprint density at radius 1 is 1.78 bits per heavy atom. The smallest absolute Gasteiger partial charge is 0.0290 e. The second-order valence-corrected chi connectivity index (χ2v) is 2.34. The van der Waals surface area contributed by atoms with Gasteiger partial charge in [-0.2, -0.15) is 0 Å². The first-order valence-electron chi connectivity index (χ1n) is 3.54. The van der Waals surface area contributed by atoms with Crippen LogP contribution in [-0.4, -0.2) is 18.0 Å². The summed E-state index contributed by atoms with van der Waals surface area (Å²) in [6.07, 6.45) is 4.18. The summed E-state index contributed by atoms with van der Waals surface area (Å²) in [7, 11) is 0. The van der Waals surface area contributed by atoms with E-state index in [2.05, 4.69) is 11.8 Å². The average molecular weight is 126 g/mol. The van der Waals surface area contributed by atoms with Gasteiger partial charge in [-0.15, -0.1) is 0 Å². The van der Waals surface area contributed by atoms with E-state index in [9.17, 15) is 0 Å². The van der Waals surface area contributed by atoms with E-state index >= 15 is 0 Å². The van der Waals surface area contributed by atoms with Crippen molar-refractivity contribution in [1.82, 2.24) is 4.90 Å². The number of rotatable bonds is 1. The first-order valence-corrected chi connectivity index (χ1v) is 3.54. The van der Waals surface area contributed by atoms with E-state index in [1.807, 2.05) is 0 Å². The third-order valence-electron chi connectivity index (χ3n) is 1.84. The highest BCUT2D eigenvalue weighted by Gasteiger charge is 2.13. The second-order valence-electron chi connectivity index (χ2n) is 2.34. The fourth-order valence-corrected chi connectivity index (χ4v) is 1.30. The van der Waals surface area contributed by atoms with Gasteiger partial charge in [0.2, 0.25) is 0 Å². The summed E-state index contributed by atoms with van der Waals surface area (Å²) in [6.45, 7) is 4.46. The molecule has 0 aliphatic carbocycles. The van der Waals surface area contributed by atoms with Gasteiger partial charge in [-0.3, -0.25) is 0 Å². The molecule has 0 saturated carbocycles. The lowest BCUT2D eigenvalue weighted by atomic mass is 10.3. The molecule has 1 aliphatic heterocycles. The van der Waals surface area contributed by atoms with Crippen molar-refractivity contribution in [3.05, 3.63) is 11.9 Å². The molecule has 1 aliphatic rings. The van der Waals surface area contributed by atoms with Crippen LogP contribution in [0, 0.1) is 0 Å². The van der Waals surface area contributed by atoms with Crippen LogP contribution in [0.3, 0.4) is 0 Å². The van der Waals surface area contributed by atoms with Crippen LogP contribution in [0.2, 0.25) is 0 Å². The van der Waals surface area contributed by atoms with Crippen LogP contribution in [-0.2, 0) is 0 Å². The van der Waals surface area contributed by atoms with Gasteiger partial charge < -0.3 is 10.6 Å². The van der Waals surface area contributed by atoms with Crippen LogP contribution in [0.1, 0.15) is 19.8 Å². The van der Waals surface area contributed by atoms with Crippen molar-refractivity contribution in [1.29, 1.82) is 0 Å². The Morgan fingerprint density at radius 2 is 2.56 bits per heavy atom. The van der Waals surface area contributed by atoms with E-state index in [0.29, 0.717) is 0 Å². The first kappa shape index (κ1) is 6.46. The summed E-state index contributed by atoms with van der Waals surface area (Å²) in [5.41, 5.74) is 6.71. The third kappa shape index (κ3) is 1.18. The molecule has 0 atom stereocenters. The molecule has 1 heterocycles. The highest BCUT2D eigenvalue weighted by molar-refractivity contribution is 5.03. The molecule has 0 spiro atoms. The van der Waals surface area contributed by atoms with Crippen molar-refractivity contribution in [2.24, 2.45) is 5.73 Å². The average Bonchev–Trinajstić information content (AvgIpc) is 2.33. The van der Waals surface area contributed by atoms with Gasteiger partial charge in [-0.25, -0.2) is 0 Å². The number of nitrogens with two attached hydrogens (primary N) is 1. The molecule has 0 unspecified atom stereocenters. The standard InChI is InChI=1S/C7H14N2/c1-2-9-5-3-4-7(9)6-8/h6H,2-5,8H2,1H3. The summed E-state index contributed by atoms with van der Waals surface area (Å²) >= 11 is 0. The van der Waals surface area contributed by atoms with Crippen molar-refractivity contribution in [2.45, 2.75) is 19.8 Å². The van der Waals surface area contributed by atoms with E-state index in [1.54, 1.807) is 6.20 Å². The molecule has 2 heteroatoms. The Bertz CT molecular complexity index is 118. The van der Waals surface area contributed by atoms with Gasteiger partial charge in [0.25, 0.3) is 0 Å².